The predicted molar refractivity (Wildman–Crippen MR) is 201 cm³/mol. The molecule has 1 aliphatic rings. The summed E-state index contributed by atoms with van der Waals surface area (Å²) >= 11 is 0. The summed E-state index contributed by atoms with van der Waals surface area (Å²) in [7, 11) is 0. The Hall–Kier alpha value is -5.63. The summed E-state index contributed by atoms with van der Waals surface area (Å²) < 4.78 is 6.77. The van der Waals surface area contributed by atoms with Gasteiger partial charge in [0, 0.05) is 17.7 Å². The van der Waals surface area contributed by atoms with E-state index in [9.17, 15) is 0 Å². The van der Waals surface area contributed by atoms with E-state index in [0.29, 0.717) is 11.5 Å². The Balaban J connectivity index is 0.00000374. The zero-order chi connectivity index (χ0) is 33.7. The zero-order valence-electron chi connectivity index (χ0n) is 28.1. The molecule has 0 N–H and O–H groups in total. The van der Waals surface area contributed by atoms with Gasteiger partial charge >= 0.3 is 21.1 Å². The van der Waals surface area contributed by atoms with Gasteiger partial charge < -0.3 is 4.74 Å². The number of hydrogen-bond donors (Lipinski definition) is 0. The molecule has 4 heteroatoms. The summed E-state index contributed by atoms with van der Waals surface area (Å²) in [5, 5.41) is 1.10. The fourth-order valence-corrected chi connectivity index (χ4v) is 7.73. The van der Waals surface area contributed by atoms with E-state index < -0.39 is 5.41 Å². The van der Waals surface area contributed by atoms with Crippen LogP contribution in [-0.4, -0.2) is 9.97 Å². The number of benzene rings is 6. The summed E-state index contributed by atoms with van der Waals surface area (Å²) in [5.74, 6) is 1.20. The number of aryl methyl sites for hydroxylation is 2. The first-order chi connectivity index (χ1) is 24.6. The largest absolute Gasteiger partial charge is 2.00 e. The van der Waals surface area contributed by atoms with Crippen molar-refractivity contribution in [3.63, 3.8) is 0 Å². The minimum Gasteiger partial charge on any atom is -0.503 e. The molecule has 51 heavy (non-hydrogen) atoms. The maximum Gasteiger partial charge on any atom is 2.00 e. The minimum absolute atomic E-state index is 0. The van der Waals surface area contributed by atoms with Crippen molar-refractivity contribution in [1.29, 1.82) is 0 Å². The second kappa shape index (κ2) is 13.2. The van der Waals surface area contributed by atoms with Gasteiger partial charge in [0.15, 0.2) is 0 Å². The van der Waals surface area contributed by atoms with Crippen LogP contribution in [0.25, 0.3) is 44.4 Å². The molecule has 0 fully saturated rings. The smallest absolute Gasteiger partial charge is 0.503 e. The van der Waals surface area contributed by atoms with Crippen molar-refractivity contribution in [2.75, 3.05) is 0 Å². The first-order valence-corrected chi connectivity index (χ1v) is 16.9. The average Bonchev–Trinajstić information content (AvgIpc) is 3.46. The Morgan fingerprint density at radius 3 is 2.02 bits per heavy atom. The molecule has 1 aliphatic carbocycles. The predicted octanol–water partition coefficient (Wildman–Crippen LogP) is 11.3. The zero-order valence-corrected chi connectivity index (χ0v) is 30.4. The third-order valence-electron chi connectivity index (χ3n) is 9.88. The Morgan fingerprint density at radius 1 is 0.588 bits per heavy atom. The molecule has 0 saturated heterocycles. The molecule has 0 radical (unpaired) electrons. The van der Waals surface area contributed by atoms with E-state index >= 15 is 0 Å². The van der Waals surface area contributed by atoms with Crippen LogP contribution in [0.5, 0.6) is 11.5 Å². The van der Waals surface area contributed by atoms with Gasteiger partial charge in [-0.15, -0.1) is 29.3 Å². The summed E-state index contributed by atoms with van der Waals surface area (Å²) in [6.07, 6.45) is 1.87. The van der Waals surface area contributed by atoms with E-state index in [4.69, 9.17) is 14.7 Å². The summed E-state index contributed by atoms with van der Waals surface area (Å²) in [6, 6.07) is 59.9. The van der Waals surface area contributed by atoms with Crippen molar-refractivity contribution in [2.45, 2.75) is 19.3 Å². The van der Waals surface area contributed by atoms with Crippen LogP contribution in [0.2, 0.25) is 0 Å². The van der Waals surface area contributed by atoms with Gasteiger partial charge in [-0.2, -0.15) is 12.1 Å². The number of rotatable bonds is 6. The SMILES string of the molecule is Cc1cccc(C)c1-c1cc(Oc2[c-]c(C3(c4ccccn4)c4ccccc4-c4ccccc43)ccc2)[c-]c(-c2ccc3ccccc3n2)c1.[Pt+2]. The van der Waals surface area contributed by atoms with E-state index in [-0.39, 0.29) is 21.1 Å². The third kappa shape index (κ3) is 5.50. The van der Waals surface area contributed by atoms with Crippen LogP contribution in [0.3, 0.4) is 0 Å². The summed E-state index contributed by atoms with van der Waals surface area (Å²) in [5.41, 5.74) is 13.3. The molecule has 246 valence electrons. The topological polar surface area (TPSA) is 35.0 Å². The Kier molecular flexibility index (Phi) is 8.46. The summed E-state index contributed by atoms with van der Waals surface area (Å²) in [6.45, 7) is 4.30. The Labute approximate surface area is 312 Å². The molecule has 0 aliphatic heterocycles. The van der Waals surface area contributed by atoms with E-state index in [1.165, 1.54) is 38.9 Å². The molecule has 0 unspecified atom stereocenters. The molecular formula is C47H32N2OPt. The van der Waals surface area contributed by atoms with Crippen molar-refractivity contribution >= 4 is 10.9 Å². The fourth-order valence-electron chi connectivity index (χ4n) is 7.73. The maximum absolute atomic E-state index is 6.77. The average molecular weight is 836 g/mol. The summed E-state index contributed by atoms with van der Waals surface area (Å²) in [4.78, 5) is 10.00. The molecule has 0 atom stereocenters. The normalized spacial score (nSPS) is 12.5. The van der Waals surface area contributed by atoms with Crippen LogP contribution in [-0.2, 0) is 26.5 Å². The van der Waals surface area contributed by atoms with Crippen LogP contribution in [0.4, 0.5) is 0 Å². The second-order valence-electron chi connectivity index (χ2n) is 12.9. The van der Waals surface area contributed by atoms with E-state index in [1.807, 2.05) is 36.5 Å². The van der Waals surface area contributed by atoms with Gasteiger partial charge in [0.25, 0.3) is 0 Å². The third-order valence-corrected chi connectivity index (χ3v) is 9.88. The van der Waals surface area contributed by atoms with Crippen molar-refractivity contribution in [2.24, 2.45) is 0 Å². The molecule has 6 aromatic carbocycles. The molecule has 2 aromatic heterocycles. The van der Waals surface area contributed by atoms with Crippen molar-refractivity contribution in [3.05, 3.63) is 203 Å². The van der Waals surface area contributed by atoms with Gasteiger partial charge in [-0.05, 0) is 82.1 Å². The van der Waals surface area contributed by atoms with Gasteiger partial charge in [0.05, 0.1) is 16.6 Å². The first-order valence-electron chi connectivity index (χ1n) is 16.9. The molecule has 0 bridgehead atoms. The number of aromatic nitrogens is 2. The Bertz CT molecular complexity index is 2490. The van der Waals surface area contributed by atoms with Crippen LogP contribution >= 0.6 is 0 Å². The second-order valence-corrected chi connectivity index (χ2v) is 12.9. The molecular weight excluding hydrogens is 804 g/mol. The van der Waals surface area contributed by atoms with Crippen molar-refractivity contribution < 1.29 is 25.8 Å². The van der Waals surface area contributed by atoms with Crippen molar-refractivity contribution in [3.8, 4) is 45.0 Å². The monoisotopic (exact) mass is 835 g/mol. The molecule has 8 aromatic rings. The Morgan fingerprint density at radius 2 is 1.27 bits per heavy atom. The van der Waals surface area contributed by atoms with Gasteiger partial charge in [0.2, 0.25) is 0 Å². The molecule has 0 spiro atoms. The minimum atomic E-state index is -0.669. The number of nitrogens with zero attached hydrogens (tertiary/aromatic N) is 2. The fraction of sp³-hybridized carbons (Fsp3) is 0.0638. The van der Waals surface area contributed by atoms with Gasteiger partial charge in [-0.25, -0.2) is 0 Å². The van der Waals surface area contributed by atoms with Crippen LogP contribution in [0.15, 0.2) is 158 Å². The number of ether oxygens (including phenoxy) is 1. The van der Waals surface area contributed by atoms with Crippen LogP contribution < -0.4 is 4.74 Å². The molecule has 2 heterocycles. The van der Waals surface area contributed by atoms with Crippen LogP contribution in [0, 0.1) is 26.0 Å². The standard InChI is InChI=1S/C47H32N2O.Pt/c1-31-13-11-14-32(2)46(31)35-27-34(44-25-24-33-15-3-8-22-43(33)49-44)28-38(29-35)50-37-17-12-16-36(30-37)47(45-23-9-10-26-48-45)41-20-6-4-18-39(41)40-19-5-7-21-42(40)47;/h3-27,29H,1-2H3;/q-2;+2. The quantitative estimate of drug-likeness (QED) is 0.157. The molecule has 9 rings (SSSR count). The number of pyridine rings is 2. The van der Waals surface area contributed by atoms with E-state index in [2.05, 4.69) is 147 Å². The number of para-hydroxylation sites is 1. The van der Waals surface area contributed by atoms with Crippen LogP contribution in [0.1, 0.15) is 33.5 Å². The first kappa shape index (κ1) is 32.6. The number of fused-ring (bicyclic) bond motifs is 4. The molecule has 0 saturated carbocycles. The number of hydrogen-bond acceptors (Lipinski definition) is 3. The van der Waals surface area contributed by atoms with Gasteiger partial charge in [-0.1, -0.05) is 121 Å². The van der Waals surface area contributed by atoms with Gasteiger partial charge in [0.1, 0.15) is 0 Å². The van der Waals surface area contributed by atoms with Crippen molar-refractivity contribution in [1.82, 2.24) is 9.97 Å². The molecule has 3 nitrogen and oxygen atoms in total. The maximum atomic E-state index is 6.77. The van der Waals surface area contributed by atoms with E-state index in [0.717, 1.165) is 39.0 Å². The van der Waals surface area contributed by atoms with Gasteiger partial charge in [-0.3, -0.25) is 9.97 Å². The molecule has 0 amide bonds. The van der Waals surface area contributed by atoms with E-state index in [1.54, 1.807) is 0 Å².